The first-order valence-electron chi connectivity index (χ1n) is 8.34. The van der Waals surface area contributed by atoms with E-state index in [0.29, 0.717) is 17.1 Å². The summed E-state index contributed by atoms with van der Waals surface area (Å²) in [6, 6.07) is 13.6. The number of methoxy groups -OCH3 is 1. The highest BCUT2D eigenvalue weighted by molar-refractivity contribution is 7.89. The molecule has 3 aromatic rings. The zero-order valence-electron chi connectivity index (χ0n) is 15.5. The van der Waals surface area contributed by atoms with Crippen molar-refractivity contribution in [1.29, 1.82) is 0 Å². The lowest BCUT2D eigenvalue weighted by atomic mass is 10.1. The predicted molar refractivity (Wildman–Crippen MR) is 106 cm³/mol. The fourth-order valence-electron chi connectivity index (χ4n) is 2.50. The number of aryl methyl sites for hydroxylation is 1. The summed E-state index contributed by atoms with van der Waals surface area (Å²) in [7, 11) is -2.36. The highest BCUT2D eigenvalue weighted by Crippen LogP contribution is 2.34. The monoisotopic (exact) mass is 415 g/mol. The molecule has 10 heteroatoms. The minimum Gasteiger partial charge on any atom is -0.496 e. The number of hydrazone groups is 1. The molecule has 0 atom stereocenters. The van der Waals surface area contributed by atoms with Gasteiger partial charge in [0.05, 0.1) is 28.7 Å². The summed E-state index contributed by atoms with van der Waals surface area (Å²) >= 11 is 0. The van der Waals surface area contributed by atoms with E-state index in [-0.39, 0.29) is 16.3 Å². The Hall–Kier alpha value is -3.66. The van der Waals surface area contributed by atoms with Crippen LogP contribution >= 0.6 is 0 Å². The maximum atomic E-state index is 12.2. The van der Waals surface area contributed by atoms with E-state index >= 15 is 0 Å². The number of sulfonamides is 1. The second-order valence-corrected chi connectivity index (χ2v) is 7.67. The average Bonchev–Trinajstić information content (AvgIpc) is 3.16. The van der Waals surface area contributed by atoms with Crippen molar-refractivity contribution < 1.29 is 22.5 Å². The lowest BCUT2D eigenvalue weighted by Crippen LogP contribution is -2.18. The van der Waals surface area contributed by atoms with E-state index < -0.39 is 14.9 Å². The number of nitrogens with zero attached hydrogens (tertiary/aromatic N) is 2. The highest BCUT2D eigenvalue weighted by atomic mass is 32.2. The lowest BCUT2D eigenvalue weighted by molar-refractivity contribution is -0.384. The van der Waals surface area contributed by atoms with Gasteiger partial charge in [-0.25, -0.2) is 0 Å². The molecule has 1 aromatic heterocycles. The smallest absolute Gasteiger partial charge is 0.276 e. The Labute approximate surface area is 166 Å². The van der Waals surface area contributed by atoms with Crippen molar-refractivity contribution >= 4 is 21.9 Å². The van der Waals surface area contributed by atoms with Gasteiger partial charge < -0.3 is 9.15 Å². The van der Waals surface area contributed by atoms with Gasteiger partial charge in [-0.15, -0.1) is 0 Å². The van der Waals surface area contributed by atoms with Crippen molar-refractivity contribution in [2.75, 3.05) is 7.11 Å². The van der Waals surface area contributed by atoms with Crippen molar-refractivity contribution in [2.24, 2.45) is 5.10 Å². The molecule has 0 radical (unpaired) electrons. The van der Waals surface area contributed by atoms with Crippen LogP contribution in [0, 0.1) is 17.0 Å². The Balaban J connectivity index is 1.79. The van der Waals surface area contributed by atoms with E-state index in [4.69, 9.17) is 9.15 Å². The Morgan fingerprint density at radius 2 is 1.86 bits per heavy atom. The van der Waals surface area contributed by atoms with Crippen LogP contribution in [-0.4, -0.2) is 26.7 Å². The van der Waals surface area contributed by atoms with Crippen molar-refractivity contribution in [2.45, 2.75) is 11.8 Å². The predicted octanol–water partition coefficient (Wildman–Crippen LogP) is 3.48. The van der Waals surface area contributed by atoms with E-state index in [0.717, 1.165) is 5.56 Å². The summed E-state index contributed by atoms with van der Waals surface area (Å²) in [4.78, 5) is 12.7. The molecule has 0 saturated heterocycles. The second-order valence-electron chi connectivity index (χ2n) is 6.01. The molecule has 9 nitrogen and oxygen atoms in total. The van der Waals surface area contributed by atoms with Crippen LogP contribution in [0.15, 0.2) is 69.0 Å². The Morgan fingerprint density at radius 1 is 1.14 bits per heavy atom. The molecular formula is C19H17N3O6S. The van der Waals surface area contributed by atoms with Gasteiger partial charge in [-0.05, 0) is 37.3 Å². The standard InChI is InChI=1S/C19H17N3O6S/c1-13-3-7-16(8-4-13)29(25,26)21-20-12-15-6-10-19(28-15)17-11-14(22(23)24)5-9-18(17)27-2/h3-12,21H,1-2H3. The maximum Gasteiger partial charge on any atom is 0.276 e. The Morgan fingerprint density at radius 3 is 2.52 bits per heavy atom. The van der Waals surface area contributed by atoms with E-state index in [1.807, 2.05) is 6.92 Å². The summed E-state index contributed by atoms with van der Waals surface area (Å²) in [5, 5.41) is 14.7. The number of rotatable bonds is 7. The summed E-state index contributed by atoms with van der Waals surface area (Å²) < 4.78 is 35.2. The fraction of sp³-hybridized carbons (Fsp3) is 0.105. The molecular weight excluding hydrogens is 398 g/mol. The molecule has 0 aliphatic rings. The third kappa shape index (κ3) is 4.61. The van der Waals surface area contributed by atoms with E-state index in [1.54, 1.807) is 24.3 Å². The largest absolute Gasteiger partial charge is 0.496 e. The number of ether oxygens (including phenoxy) is 1. The molecule has 0 bridgehead atoms. The fourth-order valence-corrected chi connectivity index (χ4v) is 3.29. The van der Waals surface area contributed by atoms with Crippen LogP contribution in [0.4, 0.5) is 5.69 Å². The van der Waals surface area contributed by atoms with E-state index in [1.165, 1.54) is 43.7 Å². The molecule has 0 spiro atoms. The van der Waals surface area contributed by atoms with E-state index in [9.17, 15) is 18.5 Å². The topological polar surface area (TPSA) is 124 Å². The molecule has 29 heavy (non-hydrogen) atoms. The van der Waals surface area contributed by atoms with Crippen molar-refractivity contribution in [3.05, 3.63) is 76.0 Å². The first kappa shape index (κ1) is 20.1. The molecule has 0 amide bonds. The van der Waals surface area contributed by atoms with Crippen LogP contribution in [0.2, 0.25) is 0 Å². The molecule has 0 fully saturated rings. The van der Waals surface area contributed by atoms with Crippen LogP contribution in [0.1, 0.15) is 11.3 Å². The molecule has 2 aromatic carbocycles. The van der Waals surface area contributed by atoms with Gasteiger partial charge in [0.2, 0.25) is 0 Å². The summed E-state index contributed by atoms with van der Waals surface area (Å²) in [5.41, 5.74) is 1.21. The third-order valence-corrected chi connectivity index (χ3v) is 5.22. The molecule has 0 aliphatic heterocycles. The average molecular weight is 415 g/mol. The van der Waals surface area contributed by atoms with Gasteiger partial charge in [0.1, 0.15) is 17.3 Å². The number of benzene rings is 2. The number of hydrogen-bond acceptors (Lipinski definition) is 7. The quantitative estimate of drug-likeness (QED) is 0.358. The van der Waals surface area contributed by atoms with E-state index in [2.05, 4.69) is 9.93 Å². The Bertz CT molecular complexity index is 1170. The van der Waals surface area contributed by atoms with Gasteiger partial charge in [0.25, 0.3) is 15.7 Å². The number of nitro benzene ring substituents is 1. The zero-order chi connectivity index (χ0) is 21.0. The number of nitrogens with one attached hydrogen (secondary N) is 1. The van der Waals surface area contributed by atoms with Gasteiger partial charge in [-0.1, -0.05) is 17.7 Å². The first-order chi connectivity index (χ1) is 13.8. The molecule has 0 saturated carbocycles. The SMILES string of the molecule is COc1ccc([N+](=O)[O-])cc1-c1ccc(C=NNS(=O)(=O)c2ccc(C)cc2)o1. The number of hydrogen-bond donors (Lipinski definition) is 1. The number of nitro groups is 1. The van der Waals surface area contributed by atoms with Crippen LogP contribution in [0.3, 0.4) is 0 Å². The van der Waals surface area contributed by atoms with Gasteiger partial charge in [-0.2, -0.15) is 18.4 Å². The molecule has 1 heterocycles. The van der Waals surface area contributed by atoms with Crippen molar-refractivity contribution in [3.8, 4) is 17.1 Å². The van der Waals surface area contributed by atoms with Crippen LogP contribution < -0.4 is 9.57 Å². The second kappa shape index (κ2) is 8.15. The van der Waals surface area contributed by atoms with Gasteiger partial charge in [-0.3, -0.25) is 10.1 Å². The molecule has 150 valence electrons. The molecule has 3 rings (SSSR count). The maximum absolute atomic E-state index is 12.2. The summed E-state index contributed by atoms with van der Waals surface area (Å²) in [6.45, 7) is 1.85. The van der Waals surface area contributed by atoms with Crippen molar-refractivity contribution in [1.82, 2.24) is 4.83 Å². The molecule has 1 N–H and O–H groups in total. The minimum absolute atomic E-state index is 0.0849. The third-order valence-electron chi connectivity index (χ3n) is 3.98. The lowest BCUT2D eigenvalue weighted by Gasteiger charge is -2.05. The number of furan rings is 1. The highest BCUT2D eigenvalue weighted by Gasteiger charge is 2.16. The van der Waals surface area contributed by atoms with Crippen LogP contribution in [0.5, 0.6) is 5.75 Å². The summed E-state index contributed by atoms with van der Waals surface area (Å²) in [6.07, 6.45) is 1.19. The minimum atomic E-state index is -3.80. The molecule has 0 aliphatic carbocycles. The summed E-state index contributed by atoms with van der Waals surface area (Å²) in [5.74, 6) is 0.960. The van der Waals surface area contributed by atoms with Crippen LogP contribution in [-0.2, 0) is 10.0 Å². The van der Waals surface area contributed by atoms with Gasteiger partial charge >= 0.3 is 0 Å². The first-order valence-corrected chi connectivity index (χ1v) is 9.82. The zero-order valence-corrected chi connectivity index (χ0v) is 16.3. The number of non-ortho nitro benzene ring substituents is 1. The van der Waals surface area contributed by atoms with Gasteiger partial charge in [0, 0.05) is 12.1 Å². The van der Waals surface area contributed by atoms with Gasteiger partial charge in [0.15, 0.2) is 0 Å². The normalized spacial score (nSPS) is 11.5. The Kier molecular flexibility index (Phi) is 5.64. The molecule has 0 unspecified atom stereocenters. The van der Waals surface area contributed by atoms with Crippen molar-refractivity contribution in [3.63, 3.8) is 0 Å². The van der Waals surface area contributed by atoms with Crippen LogP contribution in [0.25, 0.3) is 11.3 Å².